The fourth-order valence-corrected chi connectivity index (χ4v) is 2.15. The third-order valence-corrected chi connectivity index (χ3v) is 3.27. The van der Waals surface area contributed by atoms with Crippen LogP contribution in [-0.2, 0) is 9.59 Å². The topological polar surface area (TPSA) is 34.1 Å². The molecule has 0 aliphatic rings. The van der Waals surface area contributed by atoms with Crippen LogP contribution in [0.4, 0.5) is 0 Å². The quantitative estimate of drug-likeness (QED) is 0.613. The van der Waals surface area contributed by atoms with Gasteiger partial charge in [-0.1, -0.05) is 44.4 Å². The van der Waals surface area contributed by atoms with Crippen LogP contribution in [-0.4, -0.2) is 16.1 Å². The molecule has 0 fully saturated rings. The van der Waals surface area contributed by atoms with Gasteiger partial charge in [0, 0.05) is 6.92 Å². The molecule has 14 heavy (non-hydrogen) atoms. The second-order valence-corrected chi connectivity index (χ2v) is 4.94. The van der Waals surface area contributed by atoms with Gasteiger partial charge in [0.2, 0.25) is 0 Å². The Bertz CT molecular complexity index is 190. The molecular formula is C11H20O2S. The lowest BCUT2D eigenvalue weighted by molar-refractivity contribution is -0.117. The van der Waals surface area contributed by atoms with E-state index in [4.69, 9.17) is 0 Å². The van der Waals surface area contributed by atoms with Gasteiger partial charge in [-0.3, -0.25) is 9.59 Å². The van der Waals surface area contributed by atoms with Crippen molar-refractivity contribution in [1.29, 1.82) is 0 Å². The van der Waals surface area contributed by atoms with Crippen LogP contribution in [0, 0.1) is 0 Å². The summed E-state index contributed by atoms with van der Waals surface area (Å²) >= 11 is 1.18. The maximum Gasteiger partial charge on any atom is 0.186 e. The van der Waals surface area contributed by atoms with Crippen molar-refractivity contribution in [3.05, 3.63) is 0 Å². The zero-order valence-corrected chi connectivity index (χ0v) is 10.2. The highest BCUT2D eigenvalue weighted by atomic mass is 32.2. The first-order valence-electron chi connectivity index (χ1n) is 5.25. The maximum absolute atomic E-state index is 11.2. The van der Waals surface area contributed by atoms with Crippen LogP contribution >= 0.6 is 11.8 Å². The summed E-state index contributed by atoms with van der Waals surface area (Å²) in [5.74, 6) is 0.127. The molecule has 0 aliphatic heterocycles. The van der Waals surface area contributed by atoms with E-state index in [0.717, 1.165) is 12.8 Å². The second kappa shape index (κ2) is 8.04. The minimum atomic E-state index is -0.107. The molecule has 0 amide bonds. The van der Waals surface area contributed by atoms with Crippen LogP contribution in [0.1, 0.15) is 52.9 Å². The van der Waals surface area contributed by atoms with Crippen LogP contribution in [0.5, 0.6) is 0 Å². The van der Waals surface area contributed by atoms with E-state index in [-0.39, 0.29) is 16.1 Å². The number of unbranched alkanes of at least 4 members (excludes halogenated alkanes) is 3. The fraction of sp³-hybridized carbons (Fsp3) is 0.818. The Kier molecular flexibility index (Phi) is 7.86. The van der Waals surface area contributed by atoms with Crippen LogP contribution in [0.25, 0.3) is 0 Å². The third-order valence-electron chi connectivity index (χ3n) is 2.08. The molecule has 0 radical (unpaired) electrons. The molecule has 0 spiro atoms. The Morgan fingerprint density at radius 2 is 1.79 bits per heavy atom. The van der Waals surface area contributed by atoms with Gasteiger partial charge in [0.1, 0.15) is 5.78 Å². The number of hydrogen-bond acceptors (Lipinski definition) is 3. The number of Topliss-reactive ketones (excluding diaryl/α,β-unsaturated/α-hetero) is 1. The smallest absolute Gasteiger partial charge is 0.186 e. The molecule has 0 bridgehead atoms. The molecule has 0 aromatic carbocycles. The van der Waals surface area contributed by atoms with E-state index in [1.54, 1.807) is 6.92 Å². The molecule has 82 valence electrons. The van der Waals surface area contributed by atoms with E-state index in [2.05, 4.69) is 6.92 Å². The Morgan fingerprint density at radius 3 is 2.21 bits per heavy atom. The van der Waals surface area contributed by atoms with E-state index < -0.39 is 0 Å². The number of hydrogen-bond donors (Lipinski definition) is 0. The minimum absolute atomic E-state index is 0.0423. The van der Waals surface area contributed by atoms with Crippen molar-refractivity contribution in [2.75, 3.05) is 0 Å². The lowest BCUT2D eigenvalue weighted by atomic mass is 10.1. The molecule has 0 rings (SSSR count). The first kappa shape index (κ1) is 13.7. The molecule has 2 nitrogen and oxygen atoms in total. The number of thioether (sulfide) groups is 1. The van der Waals surface area contributed by atoms with Crippen molar-refractivity contribution < 1.29 is 9.59 Å². The largest absolute Gasteiger partial charge is 0.299 e. The lowest BCUT2D eigenvalue weighted by Crippen LogP contribution is -2.15. The Morgan fingerprint density at radius 1 is 1.14 bits per heavy atom. The minimum Gasteiger partial charge on any atom is -0.299 e. The zero-order chi connectivity index (χ0) is 11.0. The Labute approximate surface area is 90.8 Å². The van der Waals surface area contributed by atoms with Crippen molar-refractivity contribution in [2.24, 2.45) is 0 Å². The van der Waals surface area contributed by atoms with Gasteiger partial charge in [-0.2, -0.15) is 0 Å². The van der Waals surface area contributed by atoms with Crippen molar-refractivity contribution in [1.82, 2.24) is 0 Å². The maximum atomic E-state index is 11.2. The van der Waals surface area contributed by atoms with Gasteiger partial charge in [-0.25, -0.2) is 0 Å². The first-order chi connectivity index (χ1) is 6.57. The van der Waals surface area contributed by atoms with Crippen molar-refractivity contribution in [2.45, 2.75) is 58.1 Å². The summed E-state index contributed by atoms with van der Waals surface area (Å²) in [4.78, 5) is 22.0. The average molecular weight is 216 g/mol. The Balaban J connectivity index is 3.74. The lowest BCUT2D eigenvalue weighted by Gasteiger charge is -2.10. The third kappa shape index (κ3) is 7.13. The van der Waals surface area contributed by atoms with Crippen LogP contribution < -0.4 is 0 Å². The standard InChI is InChI=1S/C11H20O2S/c1-4-5-6-7-8-11(9(2)12)14-10(3)13/h11H,4-8H2,1-3H3. The SMILES string of the molecule is CCCCCCC(SC(C)=O)C(C)=O. The molecule has 0 aromatic heterocycles. The van der Waals surface area contributed by atoms with Crippen molar-refractivity contribution >= 4 is 22.7 Å². The van der Waals surface area contributed by atoms with E-state index >= 15 is 0 Å². The summed E-state index contributed by atoms with van der Waals surface area (Å²) in [5, 5.41) is -0.0648. The van der Waals surface area contributed by atoms with Gasteiger partial charge in [-0.05, 0) is 13.3 Å². The summed E-state index contributed by atoms with van der Waals surface area (Å²) in [5.41, 5.74) is 0. The molecule has 1 atom stereocenters. The summed E-state index contributed by atoms with van der Waals surface area (Å²) in [7, 11) is 0. The van der Waals surface area contributed by atoms with E-state index in [1.807, 2.05) is 0 Å². The Hall–Kier alpha value is -0.310. The predicted molar refractivity (Wildman–Crippen MR) is 61.5 cm³/mol. The monoisotopic (exact) mass is 216 g/mol. The van der Waals surface area contributed by atoms with Crippen molar-refractivity contribution in [3.8, 4) is 0 Å². The highest BCUT2D eigenvalue weighted by molar-refractivity contribution is 8.14. The molecule has 0 saturated heterocycles. The number of ketones is 1. The van der Waals surface area contributed by atoms with E-state index in [1.165, 1.54) is 37.9 Å². The predicted octanol–water partition coefficient (Wildman–Crippen LogP) is 3.19. The van der Waals surface area contributed by atoms with Gasteiger partial charge < -0.3 is 0 Å². The van der Waals surface area contributed by atoms with Crippen molar-refractivity contribution in [3.63, 3.8) is 0 Å². The van der Waals surface area contributed by atoms with Crippen LogP contribution in [0.15, 0.2) is 0 Å². The highest BCUT2D eigenvalue weighted by Gasteiger charge is 2.16. The molecule has 0 saturated carbocycles. The highest BCUT2D eigenvalue weighted by Crippen LogP contribution is 2.19. The normalized spacial score (nSPS) is 12.5. The van der Waals surface area contributed by atoms with E-state index in [9.17, 15) is 9.59 Å². The van der Waals surface area contributed by atoms with Gasteiger partial charge in [-0.15, -0.1) is 0 Å². The molecule has 0 aromatic rings. The summed E-state index contributed by atoms with van der Waals surface area (Å²) < 4.78 is 0. The molecular weight excluding hydrogens is 196 g/mol. The van der Waals surface area contributed by atoms with Gasteiger partial charge in [0.25, 0.3) is 0 Å². The second-order valence-electron chi connectivity index (χ2n) is 3.56. The van der Waals surface area contributed by atoms with Crippen LogP contribution in [0.2, 0.25) is 0 Å². The average Bonchev–Trinajstić information content (AvgIpc) is 2.09. The van der Waals surface area contributed by atoms with E-state index in [0.29, 0.717) is 0 Å². The molecule has 3 heteroatoms. The summed E-state index contributed by atoms with van der Waals surface area (Å²) in [6, 6.07) is 0. The fourth-order valence-electron chi connectivity index (χ4n) is 1.30. The summed E-state index contributed by atoms with van der Waals surface area (Å²) in [6.45, 7) is 5.25. The summed E-state index contributed by atoms with van der Waals surface area (Å²) in [6.07, 6.45) is 5.48. The van der Waals surface area contributed by atoms with Gasteiger partial charge >= 0.3 is 0 Å². The van der Waals surface area contributed by atoms with Crippen LogP contribution in [0.3, 0.4) is 0 Å². The molecule has 0 heterocycles. The first-order valence-corrected chi connectivity index (χ1v) is 6.13. The molecule has 0 N–H and O–H groups in total. The van der Waals surface area contributed by atoms with Gasteiger partial charge in [0.15, 0.2) is 5.12 Å². The number of rotatable bonds is 7. The number of carbonyl (C=O) groups excluding carboxylic acids is 2. The molecule has 1 unspecified atom stereocenters. The zero-order valence-electron chi connectivity index (χ0n) is 9.34. The molecule has 0 aliphatic carbocycles. The number of carbonyl (C=O) groups is 2. The van der Waals surface area contributed by atoms with Gasteiger partial charge in [0.05, 0.1) is 5.25 Å².